The molecule has 5 atom stereocenters. The van der Waals surface area contributed by atoms with Crippen molar-refractivity contribution in [2.45, 2.75) is 64.0 Å². The second-order valence-electron chi connectivity index (χ2n) is 11.4. The summed E-state index contributed by atoms with van der Waals surface area (Å²) in [5.41, 5.74) is 1.02. The fraction of sp³-hybridized carbons (Fsp3) is 0.483. The van der Waals surface area contributed by atoms with E-state index in [1.54, 1.807) is 18.2 Å². The summed E-state index contributed by atoms with van der Waals surface area (Å²) < 4.78 is 0. The average Bonchev–Trinajstić information content (AvgIpc) is 2.84. The molecule has 6 nitrogen and oxygen atoms in total. The molecule has 0 saturated heterocycles. The monoisotopic (exact) mass is 474 g/mol. The van der Waals surface area contributed by atoms with Crippen LogP contribution in [0.5, 0.6) is 0 Å². The minimum Gasteiger partial charge on any atom is -0.478 e. The number of hydrogen-bond acceptors (Lipinski definition) is 3. The molecule has 4 aliphatic rings. The molecule has 4 bridgehead atoms. The highest BCUT2D eigenvalue weighted by Crippen LogP contribution is 2.60. The van der Waals surface area contributed by atoms with Crippen LogP contribution in [-0.2, 0) is 21.5 Å². The van der Waals surface area contributed by atoms with Crippen molar-refractivity contribution in [1.82, 2.24) is 10.6 Å². The third-order valence-corrected chi connectivity index (χ3v) is 8.74. The first kappa shape index (κ1) is 23.6. The number of benzene rings is 2. The van der Waals surface area contributed by atoms with Gasteiger partial charge in [0.2, 0.25) is 11.8 Å². The molecule has 2 aromatic carbocycles. The Balaban J connectivity index is 1.26. The Morgan fingerprint density at radius 1 is 0.971 bits per heavy atom. The highest BCUT2D eigenvalue weighted by atomic mass is 16.4. The molecule has 6 heteroatoms. The maximum Gasteiger partial charge on any atom is 0.335 e. The van der Waals surface area contributed by atoms with Gasteiger partial charge in [-0.1, -0.05) is 42.5 Å². The zero-order valence-electron chi connectivity index (χ0n) is 20.4. The lowest BCUT2D eigenvalue weighted by atomic mass is 9.47. The van der Waals surface area contributed by atoms with E-state index in [0.717, 1.165) is 43.2 Å². The number of carbonyl (C=O) groups excluding carboxylic acids is 2. The minimum atomic E-state index is -0.970. The van der Waals surface area contributed by atoms with Crippen molar-refractivity contribution in [3.63, 3.8) is 0 Å². The second-order valence-corrected chi connectivity index (χ2v) is 11.4. The van der Waals surface area contributed by atoms with E-state index in [2.05, 4.69) is 10.6 Å². The average molecular weight is 475 g/mol. The quantitative estimate of drug-likeness (QED) is 0.558. The summed E-state index contributed by atoms with van der Waals surface area (Å²) in [6.45, 7) is 4.28. The van der Waals surface area contributed by atoms with E-state index in [-0.39, 0.29) is 28.8 Å². The lowest BCUT2D eigenvalue weighted by molar-refractivity contribution is -0.151. The number of hydrogen-bond donors (Lipinski definition) is 3. The molecule has 184 valence electrons. The van der Waals surface area contributed by atoms with Gasteiger partial charge in [0.15, 0.2) is 0 Å². The number of carboxylic acids is 1. The fourth-order valence-corrected chi connectivity index (χ4v) is 7.04. The SMILES string of the molecule is CC(C)(C(=O)NC1[C@@H]2CC3C[C@H]1CC(C(=O)NCc1cccc(C(=O)O)c1)(C3)C2)c1ccccc1. The Morgan fingerprint density at radius 3 is 2.31 bits per heavy atom. The predicted octanol–water partition coefficient (Wildman–Crippen LogP) is 4.29. The van der Waals surface area contributed by atoms with Gasteiger partial charge in [0.25, 0.3) is 0 Å². The van der Waals surface area contributed by atoms with Crippen molar-refractivity contribution < 1.29 is 19.5 Å². The first-order valence-corrected chi connectivity index (χ1v) is 12.6. The lowest BCUT2D eigenvalue weighted by Gasteiger charge is -2.59. The summed E-state index contributed by atoms with van der Waals surface area (Å²) in [6, 6.07) is 16.7. The van der Waals surface area contributed by atoms with Crippen LogP contribution in [0.2, 0.25) is 0 Å². The molecule has 4 fully saturated rings. The van der Waals surface area contributed by atoms with Crippen LogP contribution in [0.15, 0.2) is 54.6 Å². The molecular formula is C29H34N2O4. The highest BCUT2D eigenvalue weighted by molar-refractivity contribution is 5.88. The van der Waals surface area contributed by atoms with Gasteiger partial charge in [-0.25, -0.2) is 4.79 Å². The van der Waals surface area contributed by atoms with Crippen LogP contribution in [0.4, 0.5) is 0 Å². The van der Waals surface area contributed by atoms with E-state index < -0.39 is 11.4 Å². The standard InChI is InChI=1S/C29H34N2O4/c1-28(2,23-9-4-3-5-10-23)26(34)31-24-21-12-19-13-22(24)16-29(14-19,15-21)27(35)30-17-18-7-6-8-20(11-18)25(32)33/h3-11,19,21-22,24H,12-17H2,1-2H3,(H,30,35)(H,31,34)(H,32,33)/t19?,21-,22+,24?,29?. The number of rotatable bonds is 7. The molecule has 0 radical (unpaired) electrons. The smallest absolute Gasteiger partial charge is 0.335 e. The Labute approximate surface area is 206 Å². The Hall–Kier alpha value is -3.15. The number of nitrogens with one attached hydrogen (secondary N) is 2. The van der Waals surface area contributed by atoms with Gasteiger partial charge >= 0.3 is 5.97 Å². The largest absolute Gasteiger partial charge is 0.478 e. The second kappa shape index (κ2) is 8.81. The molecule has 3 N–H and O–H groups in total. The predicted molar refractivity (Wildman–Crippen MR) is 133 cm³/mol. The third kappa shape index (κ3) is 4.35. The van der Waals surface area contributed by atoms with Crippen LogP contribution in [0.25, 0.3) is 0 Å². The Bertz CT molecular complexity index is 1130. The van der Waals surface area contributed by atoms with Crippen molar-refractivity contribution in [1.29, 1.82) is 0 Å². The van der Waals surface area contributed by atoms with Crippen molar-refractivity contribution in [3.05, 3.63) is 71.3 Å². The molecule has 0 heterocycles. The van der Waals surface area contributed by atoms with E-state index in [9.17, 15) is 19.5 Å². The van der Waals surface area contributed by atoms with Crippen LogP contribution in [0.3, 0.4) is 0 Å². The van der Waals surface area contributed by atoms with Crippen molar-refractivity contribution in [2.75, 3.05) is 0 Å². The van der Waals surface area contributed by atoms with Gasteiger partial charge in [-0.05, 0) is 87.0 Å². The fourth-order valence-electron chi connectivity index (χ4n) is 7.04. The topological polar surface area (TPSA) is 95.5 Å². The van der Waals surface area contributed by atoms with Crippen LogP contribution in [0, 0.1) is 23.2 Å². The summed E-state index contributed by atoms with van der Waals surface area (Å²) in [4.78, 5) is 38.1. The molecule has 0 aliphatic heterocycles. The van der Waals surface area contributed by atoms with Crippen LogP contribution in [-0.4, -0.2) is 28.9 Å². The van der Waals surface area contributed by atoms with E-state index in [4.69, 9.17) is 0 Å². The van der Waals surface area contributed by atoms with Crippen LogP contribution < -0.4 is 10.6 Å². The molecule has 2 aromatic rings. The van der Waals surface area contributed by atoms with Crippen molar-refractivity contribution in [3.8, 4) is 0 Å². The third-order valence-electron chi connectivity index (χ3n) is 8.74. The molecule has 4 aliphatic carbocycles. The molecule has 0 spiro atoms. The molecule has 6 rings (SSSR count). The van der Waals surface area contributed by atoms with Gasteiger partial charge in [-0.15, -0.1) is 0 Å². The van der Waals surface area contributed by atoms with E-state index in [0.29, 0.717) is 24.3 Å². The Kier molecular flexibility index (Phi) is 5.94. The summed E-state index contributed by atoms with van der Waals surface area (Å²) >= 11 is 0. The molecule has 3 unspecified atom stereocenters. The van der Waals surface area contributed by atoms with Crippen LogP contribution >= 0.6 is 0 Å². The van der Waals surface area contributed by atoms with E-state index in [1.807, 2.05) is 50.2 Å². The number of amides is 2. The van der Waals surface area contributed by atoms with E-state index >= 15 is 0 Å². The Morgan fingerprint density at radius 2 is 1.66 bits per heavy atom. The van der Waals surface area contributed by atoms with Crippen LogP contribution in [0.1, 0.15) is 67.4 Å². The number of carbonyl (C=O) groups is 3. The minimum absolute atomic E-state index is 0.0537. The molecule has 4 saturated carbocycles. The lowest BCUT2D eigenvalue weighted by Crippen LogP contribution is -2.63. The van der Waals surface area contributed by atoms with Gasteiger partial charge < -0.3 is 15.7 Å². The molecule has 35 heavy (non-hydrogen) atoms. The molecule has 2 amide bonds. The normalized spacial score (nSPS) is 29.0. The summed E-state index contributed by atoms with van der Waals surface area (Å²) in [5.74, 6) is 0.326. The van der Waals surface area contributed by atoms with Crippen molar-refractivity contribution in [2.24, 2.45) is 23.2 Å². The van der Waals surface area contributed by atoms with Gasteiger partial charge in [0.05, 0.1) is 16.4 Å². The number of aromatic carboxylic acids is 1. The zero-order valence-corrected chi connectivity index (χ0v) is 20.4. The maximum absolute atomic E-state index is 13.4. The first-order chi connectivity index (χ1) is 16.7. The molecule has 0 aromatic heterocycles. The first-order valence-electron chi connectivity index (χ1n) is 12.6. The van der Waals surface area contributed by atoms with Gasteiger partial charge in [-0.2, -0.15) is 0 Å². The van der Waals surface area contributed by atoms with Gasteiger partial charge in [0, 0.05) is 12.6 Å². The van der Waals surface area contributed by atoms with E-state index in [1.165, 1.54) is 0 Å². The van der Waals surface area contributed by atoms with Gasteiger partial charge in [0.1, 0.15) is 0 Å². The summed E-state index contributed by atoms with van der Waals surface area (Å²) in [6.07, 6.45) is 4.67. The molecular weight excluding hydrogens is 440 g/mol. The van der Waals surface area contributed by atoms with Gasteiger partial charge in [-0.3, -0.25) is 9.59 Å². The zero-order chi connectivity index (χ0) is 24.8. The maximum atomic E-state index is 13.4. The van der Waals surface area contributed by atoms with Crippen molar-refractivity contribution >= 4 is 17.8 Å². The highest BCUT2D eigenvalue weighted by Gasteiger charge is 2.58. The summed E-state index contributed by atoms with van der Waals surface area (Å²) in [7, 11) is 0. The summed E-state index contributed by atoms with van der Waals surface area (Å²) in [5, 5.41) is 15.7. The number of carboxylic acid groups (broad SMARTS) is 1.